The largest absolute Gasteiger partial charge is 0.430 e. The minimum absolute atomic E-state index is 0.0316. The number of carbonyl (C=O) groups is 2. The fourth-order valence-corrected chi connectivity index (χ4v) is 2.75. The summed E-state index contributed by atoms with van der Waals surface area (Å²) >= 11 is 0. The Labute approximate surface area is 87.8 Å². The highest BCUT2D eigenvalue weighted by atomic mass is 16.5. The van der Waals surface area contributed by atoms with Crippen molar-refractivity contribution in [1.29, 1.82) is 0 Å². The second kappa shape index (κ2) is 3.05. The second-order valence-electron chi connectivity index (χ2n) is 4.41. The molecule has 1 heterocycles. The third-order valence-corrected chi connectivity index (χ3v) is 3.48. The summed E-state index contributed by atoms with van der Waals surface area (Å²) in [6.45, 7) is 0. The Balaban J connectivity index is 2.07. The number of fused-ring (bicyclic) bond motifs is 2. The van der Waals surface area contributed by atoms with Crippen LogP contribution in [0.4, 0.5) is 0 Å². The fraction of sp³-hybridized carbons (Fsp3) is 0.500. The molecule has 3 rings (SSSR count). The number of hydrogen-bond donors (Lipinski definition) is 0. The number of ketones is 1. The van der Waals surface area contributed by atoms with Crippen LogP contribution in [0.5, 0.6) is 0 Å². The molecule has 0 spiro atoms. The van der Waals surface area contributed by atoms with E-state index in [0.29, 0.717) is 6.42 Å². The predicted molar refractivity (Wildman–Crippen MR) is 52.7 cm³/mol. The van der Waals surface area contributed by atoms with Gasteiger partial charge in [0.25, 0.3) is 0 Å². The summed E-state index contributed by atoms with van der Waals surface area (Å²) in [5, 5.41) is 0. The maximum Gasteiger partial charge on any atom is 0.311 e. The minimum atomic E-state index is -0.143. The van der Waals surface area contributed by atoms with E-state index in [2.05, 4.69) is 0 Å². The van der Waals surface area contributed by atoms with Gasteiger partial charge in [-0.25, -0.2) is 0 Å². The molecule has 1 fully saturated rings. The van der Waals surface area contributed by atoms with E-state index in [1.807, 2.05) is 6.08 Å². The van der Waals surface area contributed by atoms with Crippen molar-refractivity contribution >= 4 is 11.8 Å². The summed E-state index contributed by atoms with van der Waals surface area (Å²) in [7, 11) is 0. The van der Waals surface area contributed by atoms with Gasteiger partial charge in [-0.2, -0.15) is 0 Å². The normalized spacial score (nSPS) is 33.9. The second-order valence-corrected chi connectivity index (χ2v) is 4.41. The van der Waals surface area contributed by atoms with E-state index in [0.717, 1.165) is 30.6 Å². The highest BCUT2D eigenvalue weighted by molar-refractivity contribution is 5.98. The summed E-state index contributed by atoms with van der Waals surface area (Å²) in [4.78, 5) is 22.8. The lowest BCUT2D eigenvalue weighted by Gasteiger charge is -2.09. The monoisotopic (exact) mass is 204 g/mol. The molecule has 0 amide bonds. The van der Waals surface area contributed by atoms with Crippen LogP contribution in [0.15, 0.2) is 23.5 Å². The average molecular weight is 204 g/mol. The van der Waals surface area contributed by atoms with E-state index in [4.69, 9.17) is 4.74 Å². The van der Waals surface area contributed by atoms with Crippen LogP contribution >= 0.6 is 0 Å². The molecule has 0 N–H and O–H groups in total. The van der Waals surface area contributed by atoms with Crippen molar-refractivity contribution in [3.8, 4) is 0 Å². The van der Waals surface area contributed by atoms with E-state index in [1.165, 1.54) is 0 Å². The molecule has 0 radical (unpaired) electrons. The first-order valence-electron chi connectivity index (χ1n) is 5.42. The first-order valence-corrected chi connectivity index (χ1v) is 5.42. The molecule has 2 atom stereocenters. The lowest BCUT2D eigenvalue weighted by atomic mass is 9.96. The smallest absolute Gasteiger partial charge is 0.311 e. The van der Waals surface area contributed by atoms with Crippen molar-refractivity contribution in [2.24, 2.45) is 11.8 Å². The maximum atomic E-state index is 11.6. The summed E-state index contributed by atoms with van der Waals surface area (Å²) in [5.41, 5.74) is 0.966. The van der Waals surface area contributed by atoms with Gasteiger partial charge in [-0.1, -0.05) is 12.5 Å². The number of ether oxygens (including phenoxy) is 1. The van der Waals surface area contributed by atoms with Crippen LogP contribution in [-0.2, 0) is 14.3 Å². The fourth-order valence-electron chi connectivity index (χ4n) is 2.75. The van der Waals surface area contributed by atoms with Crippen LogP contribution in [-0.4, -0.2) is 11.8 Å². The van der Waals surface area contributed by atoms with Gasteiger partial charge in [-0.3, -0.25) is 9.59 Å². The van der Waals surface area contributed by atoms with E-state index >= 15 is 0 Å². The number of carbonyl (C=O) groups excluding carboxylic acids is 2. The molecular formula is C12H12O3. The van der Waals surface area contributed by atoms with E-state index < -0.39 is 0 Å². The zero-order valence-electron chi connectivity index (χ0n) is 8.36. The Morgan fingerprint density at radius 1 is 1.20 bits per heavy atom. The Morgan fingerprint density at radius 3 is 2.93 bits per heavy atom. The number of allylic oxidation sites excluding steroid dienone is 4. The van der Waals surface area contributed by atoms with Gasteiger partial charge >= 0.3 is 5.97 Å². The summed E-state index contributed by atoms with van der Waals surface area (Å²) in [6, 6.07) is 0. The first kappa shape index (κ1) is 8.89. The Bertz CT molecular complexity index is 403. The minimum Gasteiger partial charge on any atom is -0.430 e. The van der Waals surface area contributed by atoms with Gasteiger partial charge in [0, 0.05) is 11.5 Å². The van der Waals surface area contributed by atoms with Gasteiger partial charge in [0.05, 0.1) is 12.3 Å². The zero-order valence-corrected chi connectivity index (χ0v) is 8.36. The van der Waals surface area contributed by atoms with Crippen molar-refractivity contribution < 1.29 is 14.3 Å². The van der Waals surface area contributed by atoms with Crippen molar-refractivity contribution in [3.63, 3.8) is 0 Å². The average Bonchev–Trinajstić information content (AvgIpc) is 2.68. The van der Waals surface area contributed by atoms with Gasteiger partial charge in [0.15, 0.2) is 5.78 Å². The molecule has 1 aliphatic heterocycles. The number of esters is 1. The standard InChI is InChI=1S/C12H12O3/c13-10-5-4-9-8(10)3-1-2-7-6-11(14)15-12(7)9/h4-5,7-8H,1-3,6H2. The van der Waals surface area contributed by atoms with Crippen LogP contribution in [0.3, 0.4) is 0 Å². The highest BCUT2D eigenvalue weighted by Gasteiger charge is 2.39. The lowest BCUT2D eigenvalue weighted by Crippen LogP contribution is -2.09. The molecule has 3 aliphatic rings. The van der Waals surface area contributed by atoms with Gasteiger partial charge in [-0.05, 0) is 18.9 Å². The Kier molecular flexibility index (Phi) is 1.81. The molecule has 2 aliphatic carbocycles. The Hall–Kier alpha value is -1.38. The SMILES string of the molecule is O=C1CC2CCCC3C(=O)C=CC3=C2O1. The van der Waals surface area contributed by atoms with Gasteiger partial charge in [0.1, 0.15) is 5.76 Å². The quantitative estimate of drug-likeness (QED) is 0.564. The summed E-state index contributed by atoms with van der Waals surface area (Å²) < 4.78 is 5.24. The number of rotatable bonds is 0. The van der Waals surface area contributed by atoms with E-state index in [-0.39, 0.29) is 23.6 Å². The van der Waals surface area contributed by atoms with Crippen molar-refractivity contribution in [1.82, 2.24) is 0 Å². The molecule has 1 saturated heterocycles. The van der Waals surface area contributed by atoms with Crippen molar-refractivity contribution in [2.75, 3.05) is 0 Å². The highest BCUT2D eigenvalue weighted by Crippen LogP contribution is 2.42. The van der Waals surface area contributed by atoms with E-state index in [1.54, 1.807) is 6.08 Å². The maximum absolute atomic E-state index is 11.6. The predicted octanol–water partition coefficient (Wildman–Crippen LogP) is 1.74. The van der Waals surface area contributed by atoms with Gasteiger partial charge in [0.2, 0.25) is 0 Å². The molecule has 15 heavy (non-hydrogen) atoms. The molecule has 0 bridgehead atoms. The molecule has 3 heteroatoms. The van der Waals surface area contributed by atoms with Gasteiger partial charge in [-0.15, -0.1) is 0 Å². The molecule has 0 aromatic heterocycles. The van der Waals surface area contributed by atoms with E-state index in [9.17, 15) is 9.59 Å². The van der Waals surface area contributed by atoms with Crippen LogP contribution in [0.2, 0.25) is 0 Å². The summed E-state index contributed by atoms with van der Waals surface area (Å²) in [5.74, 6) is 1.01. The number of hydrogen-bond acceptors (Lipinski definition) is 3. The van der Waals surface area contributed by atoms with Crippen LogP contribution in [0.1, 0.15) is 25.7 Å². The molecule has 0 aromatic carbocycles. The van der Waals surface area contributed by atoms with Crippen LogP contribution in [0, 0.1) is 11.8 Å². The summed E-state index contributed by atoms with van der Waals surface area (Å²) in [6.07, 6.45) is 6.82. The topological polar surface area (TPSA) is 43.4 Å². The third-order valence-electron chi connectivity index (χ3n) is 3.48. The molecule has 0 aromatic rings. The lowest BCUT2D eigenvalue weighted by molar-refractivity contribution is -0.135. The van der Waals surface area contributed by atoms with Crippen LogP contribution in [0.25, 0.3) is 0 Å². The Morgan fingerprint density at radius 2 is 2.07 bits per heavy atom. The third kappa shape index (κ3) is 1.26. The van der Waals surface area contributed by atoms with Crippen molar-refractivity contribution in [2.45, 2.75) is 25.7 Å². The molecular weight excluding hydrogens is 192 g/mol. The molecule has 0 saturated carbocycles. The van der Waals surface area contributed by atoms with Crippen LogP contribution < -0.4 is 0 Å². The molecule has 2 unspecified atom stereocenters. The molecule has 78 valence electrons. The first-order chi connectivity index (χ1) is 7.25. The van der Waals surface area contributed by atoms with Gasteiger partial charge < -0.3 is 4.74 Å². The van der Waals surface area contributed by atoms with Crippen molar-refractivity contribution in [3.05, 3.63) is 23.5 Å². The zero-order chi connectivity index (χ0) is 10.4. The molecule has 3 nitrogen and oxygen atoms in total.